The maximum atomic E-state index is 13.9. The number of hydrogen-bond donors (Lipinski definition) is 0. The molecule has 3 aliphatic heterocycles. The molecule has 0 N–H and O–H groups in total. The van der Waals surface area contributed by atoms with Gasteiger partial charge >= 0.3 is 0 Å². The zero-order chi connectivity index (χ0) is 19.4. The number of pyridine rings is 1. The molecule has 2 aromatic carbocycles. The van der Waals surface area contributed by atoms with Crippen molar-refractivity contribution in [3.05, 3.63) is 77.6 Å². The molecule has 0 bridgehead atoms. The van der Waals surface area contributed by atoms with Crippen molar-refractivity contribution in [3.63, 3.8) is 0 Å². The Kier molecular flexibility index (Phi) is 4.33. The van der Waals surface area contributed by atoms with Crippen LogP contribution in [0.2, 0.25) is 0 Å². The third kappa shape index (κ3) is 2.50. The van der Waals surface area contributed by atoms with Crippen LogP contribution in [0, 0.1) is 0 Å². The zero-order valence-electron chi connectivity index (χ0n) is 16.0. The van der Waals surface area contributed by atoms with Gasteiger partial charge < -0.3 is 19.1 Å². The fourth-order valence-corrected chi connectivity index (χ4v) is 4.52. The van der Waals surface area contributed by atoms with Gasteiger partial charge in [-0.3, -0.25) is 9.78 Å². The average Bonchev–Trinajstić information content (AvgIpc) is 3.25. The predicted molar refractivity (Wildman–Crippen MR) is 113 cm³/mol. The van der Waals surface area contributed by atoms with Gasteiger partial charge in [-0.25, -0.2) is 0 Å². The largest absolute Gasteiger partial charge is 0.491 e. The van der Waals surface area contributed by atoms with E-state index in [1.165, 1.54) is 0 Å². The Balaban J connectivity index is 0.00000193. The van der Waals surface area contributed by atoms with Crippen LogP contribution in [0.1, 0.15) is 16.8 Å². The Morgan fingerprint density at radius 2 is 1.67 bits per heavy atom. The Labute approximate surface area is 179 Å². The molecule has 4 heterocycles. The van der Waals surface area contributed by atoms with Gasteiger partial charge in [0.2, 0.25) is 5.91 Å². The molecular weight excluding hydrogens is 404 g/mol. The molecule has 152 valence electrons. The molecule has 0 saturated heterocycles. The van der Waals surface area contributed by atoms with Gasteiger partial charge in [0.05, 0.1) is 12.2 Å². The number of benzene rings is 2. The van der Waals surface area contributed by atoms with Crippen molar-refractivity contribution in [3.8, 4) is 17.2 Å². The van der Waals surface area contributed by atoms with E-state index in [1.807, 2.05) is 59.5 Å². The van der Waals surface area contributed by atoms with E-state index < -0.39 is 5.41 Å². The normalized spacial score (nSPS) is 20.4. The maximum absolute atomic E-state index is 13.9. The molecule has 1 amide bonds. The highest BCUT2D eigenvalue weighted by Gasteiger charge is 2.57. The maximum Gasteiger partial charge on any atom is 0.246 e. The van der Waals surface area contributed by atoms with Crippen molar-refractivity contribution < 1.29 is 19.0 Å². The highest BCUT2D eigenvalue weighted by molar-refractivity contribution is 6.11. The van der Waals surface area contributed by atoms with Gasteiger partial charge in [-0.15, -0.1) is 12.4 Å². The fourth-order valence-electron chi connectivity index (χ4n) is 4.52. The van der Waals surface area contributed by atoms with E-state index in [4.69, 9.17) is 14.2 Å². The van der Waals surface area contributed by atoms with Crippen molar-refractivity contribution >= 4 is 24.0 Å². The Morgan fingerprint density at radius 1 is 0.900 bits per heavy atom. The summed E-state index contributed by atoms with van der Waals surface area (Å²) in [5.74, 6) is 2.00. The van der Waals surface area contributed by atoms with E-state index in [1.54, 1.807) is 6.20 Å². The van der Waals surface area contributed by atoms with Crippen LogP contribution in [0.3, 0.4) is 0 Å². The number of rotatable bonds is 2. The highest BCUT2D eigenvalue weighted by Crippen LogP contribution is 2.54. The lowest BCUT2D eigenvalue weighted by Gasteiger charge is -2.24. The highest BCUT2D eigenvalue weighted by atomic mass is 35.5. The lowest BCUT2D eigenvalue weighted by Crippen LogP contribution is -2.42. The molecule has 30 heavy (non-hydrogen) atoms. The number of aromatic nitrogens is 1. The van der Waals surface area contributed by atoms with Crippen molar-refractivity contribution in [2.24, 2.45) is 0 Å². The van der Waals surface area contributed by atoms with Crippen LogP contribution in [0.15, 0.2) is 60.8 Å². The minimum atomic E-state index is -0.878. The summed E-state index contributed by atoms with van der Waals surface area (Å²) in [6, 6.07) is 17.4. The van der Waals surface area contributed by atoms with Crippen LogP contribution in [-0.4, -0.2) is 30.7 Å². The minimum Gasteiger partial charge on any atom is -0.491 e. The van der Waals surface area contributed by atoms with E-state index in [9.17, 15) is 4.79 Å². The van der Waals surface area contributed by atoms with Crippen molar-refractivity contribution in [1.82, 2.24) is 4.98 Å². The SMILES string of the molecule is Cl.O=C1N(Cc2ccccn2)c2ccccc2[C@]12COc1cc3c(cc12)OCCO3. The predicted octanol–water partition coefficient (Wildman–Crippen LogP) is 3.50. The van der Waals surface area contributed by atoms with E-state index >= 15 is 0 Å². The minimum absolute atomic E-state index is 0. The van der Waals surface area contributed by atoms with Crippen LogP contribution in [0.5, 0.6) is 17.2 Å². The molecule has 0 saturated carbocycles. The number of halogens is 1. The number of amides is 1. The molecule has 1 atom stereocenters. The lowest BCUT2D eigenvalue weighted by atomic mass is 9.77. The molecular formula is C23H19ClN2O4. The number of ether oxygens (including phenoxy) is 3. The van der Waals surface area contributed by atoms with Crippen LogP contribution in [-0.2, 0) is 16.8 Å². The van der Waals surface area contributed by atoms with Gasteiger partial charge in [-0.2, -0.15) is 0 Å². The summed E-state index contributed by atoms with van der Waals surface area (Å²) < 4.78 is 17.5. The first-order chi connectivity index (χ1) is 14.3. The second-order valence-electron chi connectivity index (χ2n) is 7.42. The Morgan fingerprint density at radius 3 is 2.47 bits per heavy atom. The topological polar surface area (TPSA) is 60.9 Å². The van der Waals surface area contributed by atoms with E-state index in [0.717, 1.165) is 22.5 Å². The molecule has 3 aromatic rings. The van der Waals surface area contributed by atoms with E-state index in [2.05, 4.69) is 4.98 Å². The molecule has 1 aromatic heterocycles. The van der Waals surface area contributed by atoms with E-state index in [-0.39, 0.29) is 24.9 Å². The molecule has 7 heteroatoms. The third-order valence-corrected chi connectivity index (χ3v) is 5.86. The van der Waals surface area contributed by atoms with Gasteiger partial charge in [0.15, 0.2) is 11.5 Å². The lowest BCUT2D eigenvalue weighted by molar-refractivity contribution is -0.122. The van der Waals surface area contributed by atoms with Crippen LogP contribution < -0.4 is 19.1 Å². The zero-order valence-corrected chi connectivity index (χ0v) is 16.9. The van der Waals surface area contributed by atoms with Gasteiger partial charge in [-0.1, -0.05) is 24.3 Å². The quantitative estimate of drug-likeness (QED) is 0.632. The number of nitrogens with zero attached hydrogens (tertiary/aromatic N) is 2. The monoisotopic (exact) mass is 422 g/mol. The Bertz CT molecular complexity index is 1140. The second-order valence-corrected chi connectivity index (χ2v) is 7.42. The number of fused-ring (bicyclic) bond motifs is 5. The molecule has 0 fully saturated rings. The molecule has 3 aliphatic rings. The smallest absolute Gasteiger partial charge is 0.246 e. The molecule has 0 unspecified atom stereocenters. The van der Waals surface area contributed by atoms with Gasteiger partial charge in [0, 0.05) is 23.5 Å². The van der Waals surface area contributed by atoms with Crippen LogP contribution in [0.4, 0.5) is 5.69 Å². The fraction of sp³-hybridized carbons (Fsp3) is 0.217. The summed E-state index contributed by atoms with van der Waals surface area (Å²) in [6.07, 6.45) is 1.75. The van der Waals surface area contributed by atoms with Gasteiger partial charge in [0.25, 0.3) is 0 Å². The summed E-state index contributed by atoms with van der Waals surface area (Å²) in [5.41, 5.74) is 2.65. The third-order valence-electron chi connectivity index (χ3n) is 5.86. The summed E-state index contributed by atoms with van der Waals surface area (Å²) in [7, 11) is 0. The molecule has 0 radical (unpaired) electrons. The first-order valence-electron chi connectivity index (χ1n) is 9.66. The van der Waals surface area contributed by atoms with E-state index in [0.29, 0.717) is 37.0 Å². The van der Waals surface area contributed by atoms with Crippen molar-refractivity contribution in [2.75, 3.05) is 24.7 Å². The number of hydrogen-bond acceptors (Lipinski definition) is 5. The Hall–Kier alpha value is -3.25. The molecule has 6 nitrogen and oxygen atoms in total. The number of anilines is 1. The molecule has 1 spiro atoms. The average molecular weight is 423 g/mol. The van der Waals surface area contributed by atoms with Gasteiger partial charge in [-0.05, 0) is 29.8 Å². The first kappa shape index (κ1) is 18.8. The van der Waals surface area contributed by atoms with Gasteiger partial charge in [0.1, 0.15) is 31.0 Å². The summed E-state index contributed by atoms with van der Waals surface area (Å²) in [5, 5.41) is 0. The van der Waals surface area contributed by atoms with Crippen LogP contribution in [0.25, 0.3) is 0 Å². The second kappa shape index (κ2) is 6.92. The molecule has 6 rings (SSSR count). The first-order valence-corrected chi connectivity index (χ1v) is 9.66. The van der Waals surface area contributed by atoms with Crippen molar-refractivity contribution in [2.45, 2.75) is 12.0 Å². The number of para-hydroxylation sites is 1. The number of carbonyl (C=O) groups excluding carboxylic acids is 1. The summed E-state index contributed by atoms with van der Waals surface area (Å²) in [6.45, 7) is 1.69. The summed E-state index contributed by atoms with van der Waals surface area (Å²) in [4.78, 5) is 20.1. The number of carbonyl (C=O) groups is 1. The summed E-state index contributed by atoms with van der Waals surface area (Å²) >= 11 is 0. The van der Waals surface area contributed by atoms with Crippen LogP contribution >= 0.6 is 12.4 Å². The molecule has 0 aliphatic carbocycles. The van der Waals surface area contributed by atoms with Crippen molar-refractivity contribution in [1.29, 1.82) is 0 Å². The standard InChI is InChI=1S/C23H18N2O4.ClH/c26-22-23(14-29-19-12-21-20(11-17(19)23)27-9-10-28-21)16-6-1-2-7-18(16)25(22)13-15-5-3-4-8-24-15;/h1-8,11-12H,9-10,13-14H2;1H/t23-;/m0./s1.